The van der Waals surface area contributed by atoms with E-state index in [4.69, 9.17) is 4.42 Å². The standard InChI is InChI=1S/C13H12F2N2O3/c1-8(9-2-4-11(14)12(15)6-9)16-7-10-3-5-13(20-10)17(18)19/h2-6,8,16H,7H2,1H3. The Kier molecular flexibility index (Phi) is 4.09. The van der Waals surface area contributed by atoms with Gasteiger partial charge in [0, 0.05) is 6.04 Å². The summed E-state index contributed by atoms with van der Waals surface area (Å²) in [5, 5.41) is 13.5. The zero-order chi connectivity index (χ0) is 14.7. The maximum Gasteiger partial charge on any atom is 0.433 e. The highest BCUT2D eigenvalue weighted by molar-refractivity contribution is 5.21. The Morgan fingerprint density at radius 1 is 1.30 bits per heavy atom. The first-order valence-corrected chi connectivity index (χ1v) is 5.89. The van der Waals surface area contributed by atoms with Crippen LogP contribution in [-0.4, -0.2) is 4.92 Å². The van der Waals surface area contributed by atoms with Gasteiger partial charge in [-0.2, -0.15) is 0 Å². The number of benzene rings is 1. The highest BCUT2D eigenvalue weighted by Crippen LogP contribution is 2.19. The smallest absolute Gasteiger partial charge is 0.404 e. The van der Waals surface area contributed by atoms with Crippen molar-refractivity contribution in [3.05, 3.63) is 63.4 Å². The van der Waals surface area contributed by atoms with E-state index in [1.54, 1.807) is 6.92 Å². The zero-order valence-electron chi connectivity index (χ0n) is 10.6. The molecule has 5 nitrogen and oxygen atoms in total. The van der Waals surface area contributed by atoms with E-state index < -0.39 is 16.6 Å². The number of hydrogen-bond acceptors (Lipinski definition) is 4. The lowest BCUT2D eigenvalue weighted by molar-refractivity contribution is -0.402. The summed E-state index contributed by atoms with van der Waals surface area (Å²) in [7, 11) is 0. The fraction of sp³-hybridized carbons (Fsp3) is 0.231. The molecule has 1 aromatic carbocycles. The van der Waals surface area contributed by atoms with Gasteiger partial charge in [-0.3, -0.25) is 10.1 Å². The molecule has 1 N–H and O–H groups in total. The molecule has 0 bridgehead atoms. The molecule has 0 radical (unpaired) electrons. The van der Waals surface area contributed by atoms with E-state index in [0.29, 0.717) is 11.3 Å². The molecule has 20 heavy (non-hydrogen) atoms. The summed E-state index contributed by atoms with van der Waals surface area (Å²) in [6.45, 7) is 2.01. The second kappa shape index (κ2) is 5.79. The van der Waals surface area contributed by atoms with Crippen molar-refractivity contribution >= 4 is 5.88 Å². The number of halogens is 2. The molecule has 1 heterocycles. The van der Waals surface area contributed by atoms with Crippen LogP contribution in [0, 0.1) is 21.7 Å². The summed E-state index contributed by atoms with van der Waals surface area (Å²) in [6, 6.07) is 6.13. The molecule has 0 saturated heterocycles. The van der Waals surface area contributed by atoms with Crippen LogP contribution in [0.3, 0.4) is 0 Å². The molecule has 0 amide bonds. The SMILES string of the molecule is CC(NCc1ccc([N+](=O)[O-])o1)c1ccc(F)c(F)c1. The number of hydrogen-bond donors (Lipinski definition) is 1. The van der Waals surface area contributed by atoms with Crippen molar-refractivity contribution in [3.8, 4) is 0 Å². The van der Waals surface area contributed by atoms with Crippen LogP contribution in [-0.2, 0) is 6.54 Å². The second-order valence-corrected chi connectivity index (χ2v) is 4.27. The molecular formula is C13H12F2N2O3. The van der Waals surface area contributed by atoms with Crippen LogP contribution in [0.2, 0.25) is 0 Å². The van der Waals surface area contributed by atoms with Gasteiger partial charge in [-0.25, -0.2) is 8.78 Å². The molecule has 1 aromatic heterocycles. The number of furan rings is 1. The van der Waals surface area contributed by atoms with Gasteiger partial charge in [0.1, 0.15) is 10.7 Å². The van der Waals surface area contributed by atoms with Crippen molar-refractivity contribution in [1.82, 2.24) is 5.32 Å². The molecule has 2 aromatic rings. The van der Waals surface area contributed by atoms with Gasteiger partial charge in [0.2, 0.25) is 0 Å². The van der Waals surface area contributed by atoms with Crippen molar-refractivity contribution in [2.24, 2.45) is 0 Å². The molecule has 7 heteroatoms. The molecule has 0 saturated carbocycles. The predicted molar refractivity (Wildman–Crippen MR) is 67.0 cm³/mol. The largest absolute Gasteiger partial charge is 0.433 e. The van der Waals surface area contributed by atoms with Gasteiger partial charge in [0.05, 0.1) is 12.6 Å². The first-order chi connectivity index (χ1) is 9.47. The number of nitro groups is 1. The van der Waals surface area contributed by atoms with Gasteiger partial charge < -0.3 is 9.73 Å². The van der Waals surface area contributed by atoms with Crippen LogP contribution >= 0.6 is 0 Å². The van der Waals surface area contributed by atoms with Crippen LogP contribution in [0.4, 0.5) is 14.7 Å². The summed E-state index contributed by atoms with van der Waals surface area (Å²) >= 11 is 0. The van der Waals surface area contributed by atoms with Crippen molar-refractivity contribution in [2.45, 2.75) is 19.5 Å². The molecule has 0 aliphatic carbocycles. The molecule has 0 aliphatic rings. The third kappa shape index (κ3) is 3.18. The number of rotatable bonds is 5. The molecule has 106 valence electrons. The Morgan fingerprint density at radius 2 is 2.05 bits per heavy atom. The van der Waals surface area contributed by atoms with Gasteiger partial charge in [-0.05, 0) is 30.7 Å². The fourth-order valence-electron chi connectivity index (χ4n) is 1.71. The van der Waals surface area contributed by atoms with Crippen molar-refractivity contribution in [3.63, 3.8) is 0 Å². The average molecular weight is 282 g/mol. The molecule has 0 aliphatic heterocycles. The monoisotopic (exact) mass is 282 g/mol. The summed E-state index contributed by atoms with van der Waals surface area (Å²) in [6.07, 6.45) is 0. The third-order valence-electron chi connectivity index (χ3n) is 2.85. The molecule has 0 spiro atoms. The van der Waals surface area contributed by atoms with Crippen molar-refractivity contribution in [2.75, 3.05) is 0 Å². The Hall–Kier alpha value is -2.28. The van der Waals surface area contributed by atoms with Crippen molar-refractivity contribution in [1.29, 1.82) is 0 Å². The van der Waals surface area contributed by atoms with Gasteiger partial charge in [0.25, 0.3) is 0 Å². The summed E-state index contributed by atoms with van der Waals surface area (Å²) < 4.78 is 30.9. The topological polar surface area (TPSA) is 68.3 Å². The highest BCUT2D eigenvalue weighted by Gasteiger charge is 2.13. The van der Waals surface area contributed by atoms with E-state index in [2.05, 4.69) is 5.32 Å². The normalized spacial score (nSPS) is 12.3. The fourth-order valence-corrected chi connectivity index (χ4v) is 1.71. The Bertz CT molecular complexity index is 628. The van der Waals surface area contributed by atoms with Gasteiger partial charge >= 0.3 is 5.88 Å². The summed E-state index contributed by atoms with van der Waals surface area (Å²) in [5.74, 6) is -1.75. The zero-order valence-corrected chi connectivity index (χ0v) is 10.6. The van der Waals surface area contributed by atoms with Gasteiger partial charge in [0.15, 0.2) is 11.6 Å². The van der Waals surface area contributed by atoms with E-state index in [1.165, 1.54) is 18.2 Å². The number of nitrogens with zero attached hydrogens (tertiary/aromatic N) is 1. The maximum absolute atomic E-state index is 13.1. The van der Waals surface area contributed by atoms with Crippen LogP contribution < -0.4 is 5.32 Å². The minimum absolute atomic E-state index is 0.244. The quantitative estimate of drug-likeness (QED) is 0.674. The molecule has 2 rings (SSSR count). The van der Waals surface area contributed by atoms with Crippen molar-refractivity contribution < 1.29 is 18.1 Å². The lowest BCUT2D eigenvalue weighted by Gasteiger charge is -2.13. The van der Waals surface area contributed by atoms with Gasteiger partial charge in [-0.15, -0.1) is 0 Å². The Balaban J connectivity index is 1.98. The maximum atomic E-state index is 13.1. The minimum atomic E-state index is -0.912. The first kappa shape index (κ1) is 14.1. The minimum Gasteiger partial charge on any atom is -0.404 e. The van der Waals surface area contributed by atoms with E-state index in [0.717, 1.165) is 12.1 Å². The second-order valence-electron chi connectivity index (χ2n) is 4.27. The highest BCUT2D eigenvalue weighted by atomic mass is 19.2. The third-order valence-corrected chi connectivity index (χ3v) is 2.85. The van der Waals surface area contributed by atoms with Gasteiger partial charge in [-0.1, -0.05) is 6.07 Å². The van der Waals surface area contributed by atoms with E-state index in [9.17, 15) is 18.9 Å². The molecule has 0 fully saturated rings. The Labute approximate surface area is 113 Å². The number of nitrogens with one attached hydrogen (secondary N) is 1. The molecular weight excluding hydrogens is 270 g/mol. The molecule has 1 atom stereocenters. The Morgan fingerprint density at radius 3 is 2.65 bits per heavy atom. The predicted octanol–water partition coefficient (Wildman–Crippen LogP) is 3.32. The van der Waals surface area contributed by atoms with E-state index in [-0.39, 0.29) is 18.5 Å². The summed E-state index contributed by atoms with van der Waals surface area (Å²) in [5.41, 5.74) is 0.574. The van der Waals surface area contributed by atoms with Crippen LogP contribution in [0.25, 0.3) is 0 Å². The first-order valence-electron chi connectivity index (χ1n) is 5.89. The average Bonchev–Trinajstić information content (AvgIpc) is 2.88. The van der Waals surface area contributed by atoms with Crippen LogP contribution in [0.5, 0.6) is 0 Å². The summed E-state index contributed by atoms with van der Waals surface area (Å²) in [4.78, 5) is 9.83. The molecule has 1 unspecified atom stereocenters. The van der Waals surface area contributed by atoms with E-state index >= 15 is 0 Å². The lowest BCUT2D eigenvalue weighted by Crippen LogP contribution is -2.18. The van der Waals surface area contributed by atoms with E-state index in [1.807, 2.05) is 0 Å². The van der Waals surface area contributed by atoms with Crippen LogP contribution in [0.1, 0.15) is 24.3 Å². The van der Waals surface area contributed by atoms with Crippen LogP contribution in [0.15, 0.2) is 34.7 Å². The lowest BCUT2D eigenvalue weighted by atomic mass is 10.1.